The molecule has 0 spiro atoms. The maximum absolute atomic E-state index is 12.2. The van der Waals surface area contributed by atoms with Crippen LogP contribution in [0.15, 0.2) is 11.6 Å². The molecule has 0 saturated heterocycles. The van der Waals surface area contributed by atoms with Crippen LogP contribution in [0.4, 0.5) is 0 Å². The number of halogens is 1. The first-order valence-electron chi connectivity index (χ1n) is 9.82. The van der Waals surface area contributed by atoms with E-state index in [0.29, 0.717) is 17.6 Å². The van der Waals surface area contributed by atoms with Crippen LogP contribution < -0.4 is 0 Å². The van der Waals surface area contributed by atoms with Crippen molar-refractivity contribution in [2.75, 3.05) is 0 Å². The molecule has 0 heterocycles. The number of allylic oxidation sites excluding steroid dienone is 1. The van der Waals surface area contributed by atoms with E-state index < -0.39 is 0 Å². The van der Waals surface area contributed by atoms with Gasteiger partial charge in [-0.1, -0.05) is 42.0 Å². The number of alkyl halides is 1. The SMILES string of the molecule is CC(=O)OC1CC[C@H]2[C@@H]3CCC4=CC(=O)C(I)C[C@]4(C)[C@@H]3CC[C@]12C. The van der Waals surface area contributed by atoms with E-state index in [9.17, 15) is 9.59 Å². The summed E-state index contributed by atoms with van der Waals surface area (Å²) in [6.07, 6.45) is 9.97. The quantitative estimate of drug-likeness (QED) is 0.322. The minimum absolute atomic E-state index is 0.103. The average Bonchev–Trinajstić information content (AvgIpc) is 2.85. The Morgan fingerprint density at radius 3 is 2.68 bits per heavy atom. The minimum atomic E-state index is -0.131. The number of esters is 1. The fourth-order valence-electron chi connectivity index (χ4n) is 6.93. The molecule has 0 bridgehead atoms. The van der Waals surface area contributed by atoms with Crippen LogP contribution in [0.25, 0.3) is 0 Å². The highest BCUT2D eigenvalue weighted by Gasteiger charge is 2.60. The summed E-state index contributed by atoms with van der Waals surface area (Å²) in [6.45, 7) is 6.34. The van der Waals surface area contributed by atoms with Crippen molar-refractivity contribution < 1.29 is 14.3 Å². The summed E-state index contributed by atoms with van der Waals surface area (Å²) in [6, 6.07) is 0. The van der Waals surface area contributed by atoms with Crippen molar-refractivity contribution in [3.05, 3.63) is 11.6 Å². The fourth-order valence-corrected chi connectivity index (χ4v) is 8.02. The summed E-state index contributed by atoms with van der Waals surface area (Å²) < 4.78 is 5.87. The molecule has 0 radical (unpaired) electrons. The van der Waals surface area contributed by atoms with Gasteiger partial charge in [-0.05, 0) is 74.2 Å². The Labute approximate surface area is 164 Å². The van der Waals surface area contributed by atoms with E-state index in [1.54, 1.807) is 6.92 Å². The fraction of sp³-hybridized carbons (Fsp3) is 0.810. The number of hydrogen-bond acceptors (Lipinski definition) is 3. The van der Waals surface area contributed by atoms with Gasteiger partial charge in [-0.2, -0.15) is 0 Å². The van der Waals surface area contributed by atoms with Crippen molar-refractivity contribution in [3.8, 4) is 0 Å². The zero-order valence-corrected chi connectivity index (χ0v) is 17.7. The van der Waals surface area contributed by atoms with Crippen molar-refractivity contribution in [2.45, 2.75) is 75.7 Å². The highest BCUT2D eigenvalue weighted by Crippen LogP contribution is 2.65. The zero-order valence-electron chi connectivity index (χ0n) is 15.5. The lowest BCUT2D eigenvalue weighted by Crippen LogP contribution is -2.52. The monoisotopic (exact) mass is 456 g/mol. The van der Waals surface area contributed by atoms with Gasteiger partial charge < -0.3 is 4.74 Å². The molecule has 4 aliphatic carbocycles. The Morgan fingerprint density at radius 1 is 1.20 bits per heavy atom. The molecule has 3 nitrogen and oxygen atoms in total. The number of fused-ring (bicyclic) bond motifs is 5. The molecule has 0 amide bonds. The summed E-state index contributed by atoms with van der Waals surface area (Å²) in [7, 11) is 0. The Kier molecular flexibility index (Phi) is 4.37. The van der Waals surface area contributed by atoms with Crippen molar-refractivity contribution >= 4 is 34.3 Å². The Hall–Kier alpha value is -0.390. The number of ether oxygens (including phenoxy) is 1. The average molecular weight is 456 g/mol. The van der Waals surface area contributed by atoms with Gasteiger partial charge in [-0.15, -0.1) is 0 Å². The normalized spacial score (nSPS) is 48.9. The molecule has 0 aromatic carbocycles. The molecule has 0 N–H and O–H groups in total. The molecule has 0 aromatic rings. The summed E-state index contributed by atoms with van der Waals surface area (Å²) >= 11 is 2.34. The molecule has 3 fully saturated rings. The summed E-state index contributed by atoms with van der Waals surface area (Å²) in [5, 5.41) is 0. The van der Waals surface area contributed by atoms with E-state index >= 15 is 0 Å². The zero-order chi connectivity index (χ0) is 18.0. The predicted molar refractivity (Wildman–Crippen MR) is 105 cm³/mol. The maximum Gasteiger partial charge on any atom is 0.302 e. The van der Waals surface area contributed by atoms with Crippen molar-refractivity contribution in [3.63, 3.8) is 0 Å². The molecule has 138 valence electrons. The number of carbonyl (C=O) groups is 2. The molecule has 2 unspecified atom stereocenters. The van der Waals surface area contributed by atoms with Crippen LogP contribution in [-0.4, -0.2) is 21.8 Å². The number of rotatable bonds is 1. The van der Waals surface area contributed by atoms with E-state index in [0.717, 1.165) is 31.6 Å². The number of carbonyl (C=O) groups excluding carboxylic acids is 2. The second-order valence-electron chi connectivity index (χ2n) is 9.30. The van der Waals surface area contributed by atoms with Gasteiger partial charge in [0.25, 0.3) is 0 Å². The summed E-state index contributed by atoms with van der Waals surface area (Å²) in [5.41, 5.74) is 1.77. The third kappa shape index (κ3) is 2.64. The summed E-state index contributed by atoms with van der Waals surface area (Å²) in [4.78, 5) is 23.7. The van der Waals surface area contributed by atoms with Crippen LogP contribution in [0.1, 0.15) is 65.7 Å². The molecule has 7 atom stereocenters. The molecular formula is C21H29IO3. The Morgan fingerprint density at radius 2 is 1.96 bits per heavy atom. The van der Waals surface area contributed by atoms with Gasteiger partial charge in [0.1, 0.15) is 6.10 Å². The molecule has 3 saturated carbocycles. The second kappa shape index (κ2) is 6.07. The second-order valence-corrected chi connectivity index (χ2v) is 10.8. The predicted octanol–water partition coefficient (Wildman–Crippen LogP) is 4.86. The van der Waals surface area contributed by atoms with Gasteiger partial charge >= 0.3 is 5.97 Å². The van der Waals surface area contributed by atoms with E-state index in [1.807, 2.05) is 6.08 Å². The highest BCUT2D eigenvalue weighted by molar-refractivity contribution is 14.1. The third-order valence-corrected chi connectivity index (χ3v) is 9.24. The molecule has 0 aliphatic heterocycles. The van der Waals surface area contributed by atoms with Crippen LogP contribution in [-0.2, 0) is 14.3 Å². The van der Waals surface area contributed by atoms with E-state index in [4.69, 9.17) is 4.74 Å². The van der Waals surface area contributed by atoms with Crippen LogP contribution in [0, 0.1) is 28.6 Å². The molecule has 4 rings (SSSR count). The first-order chi connectivity index (χ1) is 11.8. The topological polar surface area (TPSA) is 43.4 Å². The molecule has 0 aromatic heterocycles. The lowest BCUT2D eigenvalue weighted by Gasteiger charge is -2.58. The van der Waals surface area contributed by atoms with Crippen molar-refractivity contribution in [2.24, 2.45) is 28.6 Å². The Balaban J connectivity index is 1.63. The standard InChI is InChI=1S/C21H29IO3/c1-12(23)25-19-7-6-15-14-5-4-13-10-18(24)17(22)11-21(13,3)16(14)8-9-20(15,19)2/h10,14-17,19H,4-9,11H2,1-3H3/t14-,15-,16+,17?,19?,20-,21-/m0/s1. The number of ketones is 1. The minimum Gasteiger partial charge on any atom is -0.462 e. The van der Waals surface area contributed by atoms with Crippen molar-refractivity contribution in [1.29, 1.82) is 0 Å². The number of hydrogen-bond donors (Lipinski definition) is 0. The lowest BCUT2D eigenvalue weighted by atomic mass is 9.47. The van der Waals surface area contributed by atoms with E-state index in [-0.39, 0.29) is 26.8 Å². The van der Waals surface area contributed by atoms with Gasteiger partial charge in [-0.3, -0.25) is 9.59 Å². The molecule has 4 heteroatoms. The molecule has 25 heavy (non-hydrogen) atoms. The smallest absolute Gasteiger partial charge is 0.302 e. The first kappa shape index (κ1) is 18.0. The highest BCUT2D eigenvalue weighted by atomic mass is 127. The lowest BCUT2D eigenvalue weighted by molar-refractivity contribution is -0.157. The van der Waals surface area contributed by atoms with Gasteiger partial charge in [0.05, 0.1) is 3.92 Å². The third-order valence-electron chi connectivity index (χ3n) is 8.19. The van der Waals surface area contributed by atoms with Gasteiger partial charge in [0.2, 0.25) is 0 Å². The first-order valence-corrected chi connectivity index (χ1v) is 11.1. The van der Waals surface area contributed by atoms with Gasteiger partial charge in [0, 0.05) is 12.3 Å². The van der Waals surface area contributed by atoms with E-state index in [1.165, 1.54) is 24.8 Å². The largest absolute Gasteiger partial charge is 0.462 e. The van der Waals surface area contributed by atoms with Crippen LogP contribution >= 0.6 is 22.6 Å². The van der Waals surface area contributed by atoms with Crippen LogP contribution in [0.2, 0.25) is 0 Å². The molecular weight excluding hydrogens is 427 g/mol. The maximum atomic E-state index is 12.2. The Bertz CT molecular complexity index is 641. The van der Waals surface area contributed by atoms with Crippen LogP contribution in [0.3, 0.4) is 0 Å². The summed E-state index contributed by atoms with van der Waals surface area (Å²) in [5.74, 6) is 2.26. The van der Waals surface area contributed by atoms with Crippen molar-refractivity contribution in [1.82, 2.24) is 0 Å². The van der Waals surface area contributed by atoms with Gasteiger partial charge in [-0.25, -0.2) is 0 Å². The van der Waals surface area contributed by atoms with Gasteiger partial charge in [0.15, 0.2) is 5.78 Å². The van der Waals surface area contributed by atoms with E-state index in [2.05, 4.69) is 36.4 Å². The van der Waals surface area contributed by atoms with Crippen LogP contribution in [0.5, 0.6) is 0 Å². The molecule has 4 aliphatic rings.